The van der Waals surface area contributed by atoms with E-state index in [-0.39, 0.29) is 65.9 Å². The molecule has 18 heteroatoms. The monoisotopic (exact) mass is 702 g/mol. The SMILES string of the molecule is Cc1cc(N)nc(-c2c(Cl)cc3c(N4CCN(C(=O)n5cncc5C#N)C[C@@H]4O)nc(OCC4(CN(C)C)CC4)nc3c2F)c1C(F)(F)F. The third kappa shape index (κ3) is 6.51. The molecular weight excluding hydrogens is 672 g/mol. The summed E-state index contributed by atoms with van der Waals surface area (Å²) in [6.07, 6.45) is -2.15. The number of piperazine rings is 1. The highest BCUT2D eigenvalue weighted by Crippen LogP contribution is 2.47. The smallest absolute Gasteiger partial charge is 0.418 e. The molecule has 2 aliphatic rings. The van der Waals surface area contributed by atoms with Crippen molar-refractivity contribution < 1.29 is 32.2 Å². The Hall–Kier alpha value is -4.79. The number of nitriles is 1. The maximum absolute atomic E-state index is 16.7. The van der Waals surface area contributed by atoms with E-state index in [0.717, 1.165) is 23.5 Å². The van der Waals surface area contributed by atoms with Crippen LogP contribution in [-0.2, 0) is 6.18 Å². The van der Waals surface area contributed by atoms with Crippen LogP contribution in [0.3, 0.4) is 0 Å². The Balaban J connectivity index is 1.45. The zero-order valence-corrected chi connectivity index (χ0v) is 27.3. The predicted octanol–water partition coefficient (Wildman–Crippen LogP) is 4.29. The van der Waals surface area contributed by atoms with Gasteiger partial charge in [-0.05, 0) is 51.6 Å². The summed E-state index contributed by atoms with van der Waals surface area (Å²) in [6.45, 7) is 1.86. The second kappa shape index (κ2) is 12.6. The second-order valence-electron chi connectivity index (χ2n) is 12.5. The number of ether oxygens (including phenoxy) is 1. The Kier molecular flexibility index (Phi) is 8.76. The van der Waals surface area contributed by atoms with Gasteiger partial charge in [-0.2, -0.15) is 28.4 Å². The molecule has 1 aromatic carbocycles. The summed E-state index contributed by atoms with van der Waals surface area (Å²) in [4.78, 5) is 34.3. The molecule has 13 nitrogen and oxygen atoms in total. The number of benzene rings is 1. The number of nitrogens with zero attached hydrogens (tertiary/aromatic N) is 9. The topological polar surface area (TPSA) is 163 Å². The highest BCUT2D eigenvalue weighted by molar-refractivity contribution is 6.34. The van der Waals surface area contributed by atoms with Crippen molar-refractivity contribution in [2.45, 2.75) is 32.2 Å². The van der Waals surface area contributed by atoms with E-state index < -0.39 is 51.6 Å². The number of imidazole rings is 1. The van der Waals surface area contributed by atoms with E-state index in [1.165, 1.54) is 35.3 Å². The summed E-state index contributed by atoms with van der Waals surface area (Å²) < 4.78 is 66.5. The van der Waals surface area contributed by atoms with Gasteiger partial charge < -0.3 is 30.3 Å². The molecule has 3 aromatic heterocycles. The van der Waals surface area contributed by atoms with Crippen LogP contribution >= 0.6 is 11.6 Å². The van der Waals surface area contributed by atoms with Crippen LogP contribution in [0.25, 0.3) is 22.2 Å². The van der Waals surface area contributed by atoms with Crippen LogP contribution in [-0.4, -0.2) is 98.5 Å². The Morgan fingerprint density at radius 3 is 2.61 bits per heavy atom. The molecule has 3 N–H and O–H groups in total. The quantitative estimate of drug-likeness (QED) is 0.264. The first kappa shape index (κ1) is 34.1. The number of anilines is 2. The van der Waals surface area contributed by atoms with Crippen LogP contribution in [0.15, 0.2) is 24.7 Å². The molecule has 1 saturated carbocycles. The number of halogens is 5. The number of aliphatic hydroxyl groups excluding tert-OH is 1. The van der Waals surface area contributed by atoms with Crippen LogP contribution in [0.2, 0.25) is 5.02 Å². The van der Waals surface area contributed by atoms with Gasteiger partial charge in [0.25, 0.3) is 0 Å². The van der Waals surface area contributed by atoms with Crippen molar-refractivity contribution in [2.24, 2.45) is 5.41 Å². The fraction of sp³-hybridized carbons (Fsp3) is 0.419. The van der Waals surface area contributed by atoms with E-state index in [1.54, 1.807) is 0 Å². The lowest BCUT2D eigenvalue weighted by molar-refractivity contribution is -0.137. The van der Waals surface area contributed by atoms with Crippen molar-refractivity contribution in [2.75, 3.05) is 57.5 Å². The summed E-state index contributed by atoms with van der Waals surface area (Å²) in [7, 11) is 3.85. The maximum atomic E-state index is 16.7. The number of amides is 1. The van der Waals surface area contributed by atoms with E-state index in [9.17, 15) is 28.3 Å². The Morgan fingerprint density at radius 1 is 1.24 bits per heavy atom. The lowest BCUT2D eigenvalue weighted by Crippen LogP contribution is -2.56. The molecule has 4 aromatic rings. The molecule has 1 amide bonds. The van der Waals surface area contributed by atoms with Gasteiger partial charge in [0.2, 0.25) is 0 Å². The van der Waals surface area contributed by atoms with Gasteiger partial charge in [-0.15, -0.1) is 0 Å². The zero-order valence-electron chi connectivity index (χ0n) is 26.6. The number of aliphatic hydroxyl groups is 1. The highest BCUT2D eigenvalue weighted by Gasteiger charge is 2.44. The number of carbonyl (C=O) groups excluding carboxylic acids is 1. The largest absolute Gasteiger partial charge is 0.463 e. The first-order chi connectivity index (χ1) is 23.1. The van der Waals surface area contributed by atoms with Crippen molar-refractivity contribution in [1.29, 1.82) is 5.26 Å². The summed E-state index contributed by atoms with van der Waals surface area (Å²) in [5.74, 6) is -1.51. The number of β-amino-alcohol motifs (C(OH)–C–C–N with tert-alkyl or cyclic N) is 1. The van der Waals surface area contributed by atoms with Crippen molar-refractivity contribution in [3.63, 3.8) is 0 Å². The number of nitrogens with two attached hydrogens (primary N) is 1. The van der Waals surface area contributed by atoms with Gasteiger partial charge in [0.1, 0.15) is 41.5 Å². The van der Waals surface area contributed by atoms with Gasteiger partial charge >= 0.3 is 18.2 Å². The molecule has 49 heavy (non-hydrogen) atoms. The van der Waals surface area contributed by atoms with Crippen LogP contribution in [0.4, 0.5) is 34.0 Å². The van der Waals surface area contributed by atoms with Gasteiger partial charge in [0.05, 0.1) is 41.2 Å². The van der Waals surface area contributed by atoms with E-state index in [1.807, 2.05) is 25.1 Å². The fourth-order valence-electron chi connectivity index (χ4n) is 6.18. The number of alkyl halides is 3. The van der Waals surface area contributed by atoms with Crippen LogP contribution in [0.5, 0.6) is 6.01 Å². The lowest BCUT2D eigenvalue weighted by atomic mass is 9.99. The first-order valence-corrected chi connectivity index (χ1v) is 15.5. The second-order valence-corrected chi connectivity index (χ2v) is 13.0. The third-order valence-electron chi connectivity index (χ3n) is 8.57. The Bertz CT molecular complexity index is 1990. The minimum atomic E-state index is -4.92. The summed E-state index contributed by atoms with van der Waals surface area (Å²) in [5.41, 5.74) is 2.26. The number of aromatic nitrogens is 5. The van der Waals surface area contributed by atoms with Crippen LogP contribution < -0.4 is 15.4 Å². The normalized spacial score (nSPS) is 17.4. The van der Waals surface area contributed by atoms with E-state index in [2.05, 4.69) is 19.9 Å². The first-order valence-electron chi connectivity index (χ1n) is 15.1. The van der Waals surface area contributed by atoms with E-state index >= 15 is 4.39 Å². The number of nitrogen functional groups attached to an aromatic ring is 1. The minimum absolute atomic E-state index is 0.00710. The fourth-order valence-corrected chi connectivity index (χ4v) is 6.46. The van der Waals surface area contributed by atoms with Crippen LogP contribution in [0, 0.1) is 29.5 Å². The molecular formula is C31H31ClF4N10O3. The van der Waals surface area contributed by atoms with E-state index in [4.69, 9.17) is 22.1 Å². The van der Waals surface area contributed by atoms with E-state index in [0.29, 0.717) is 6.54 Å². The van der Waals surface area contributed by atoms with Crippen LogP contribution in [0.1, 0.15) is 29.7 Å². The van der Waals surface area contributed by atoms with Gasteiger partial charge in [-0.1, -0.05) is 11.6 Å². The molecule has 1 saturated heterocycles. The number of fused-ring (bicyclic) bond motifs is 1. The number of pyridine rings is 1. The molecule has 0 radical (unpaired) electrons. The molecule has 1 aliphatic heterocycles. The molecule has 258 valence electrons. The predicted molar refractivity (Wildman–Crippen MR) is 170 cm³/mol. The number of hydrogen-bond donors (Lipinski definition) is 2. The molecule has 0 spiro atoms. The summed E-state index contributed by atoms with van der Waals surface area (Å²) >= 11 is 6.54. The highest BCUT2D eigenvalue weighted by atomic mass is 35.5. The number of aryl methyl sites for hydroxylation is 1. The van der Waals surface area contributed by atoms with Crippen molar-refractivity contribution in [3.05, 3.63) is 52.3 Å². The maximum Gasteiger partial charge on any atom is 0.418 e. The van der Waals surface area contributed by atoms with Crippen molar-refractivity contribution >= 4 is 40.2 Å². The molecule has 4 heterocycles. The van der Waals surface area contributed by atoms with Gasteiger partial charge in [0, 0.05) is 30.4 Å². The van der Waals surface area contributed by atoms with Gasteiger partial charge in [-0.3, -0.25) is 0 Å². The molecule has 6 rings (SSSR count). The molecule has 0 bridgehead atoms. The summed E-state index contributed by atoms with van der Waals surface area (Å²) in [5, 5.41) is 20.2. The molecule has 0 unspecified atom stereocenters. The summed E-state index contributed by atoms with van der Waals surface area (Å²) in [6, 6.07) is 3.25. The third-order valence-corrected chi connectivity index (χ3v) is 8.87. The average Bonchev–Trinajstić information content (AvgIpc) is 3.60. The van der Waals surface area contributed by atoms with Gasteiger partial charge in [0.15, 0.2) is 5.82 Å². The average molecular weight is 703 g/mol. The number of hydrogen-bond acceptors (Lipinski definition) is 11. The number of rotatable bonds is 7. The number of carbonyl (C=O) groups is 1. The minimum Gasteiger partial charge on any atom is -0.463 e. The molecule has 2 fully saturated rings. The molecule has 1 aliphatic carbocycles. The van der Waals surface area contributed by atoms with Gasteiger partial charge in [-0.25, -0.2) is 23.7 Å². The molecule has 1 atom stereocenters. The van der Waals surface area contributed by atoms with Crippen molar-refractivity contribution in [3.8, 4) is 23.3 Å². The Morgan fingerprint density at radius 2 is 1.98 bits per heavy atom. The zero-order chi connectivity index (χ0) is 35.4. The standard InChI is InChI=1S/C31H31ClF4N10O3/c1-16-8-20(38)40-26(23(16)31(34,35)36)22-19(32)9-18-25(24(22)33)41-28(49-14-30(4-5-30)13-43(2)3)42-27(18)45-7-6-44(12-21(45)47)29(48)46-15-39-11-17(46)10-37/h8-9,11,15,21,47H,4-7,12-14H2,1-3H3,(H2,38,40)/t21-/m0/s1. The Labute approximate surface area is 282 Å². The lowest BCUT2D eigenvalue weighted by Gasteiger charge is -2.39. The van der Waals surface area contributed by atoms with Crippen molar-refractivity contribution in [1.82, 2.24) is 34.3 Å².